The van der Waals surface area contributed by atoms with Crippen molar-refractivity contribution in [3.05, 3.63) is 0 Å². The van der Waals surface area contributed by atoms with Gasteiger partial charge in [0.1, 0.15) is 0 Å². The number of carbonyl (C=O) groups is 3. The van der Waals surface area contributed by atoms with E-state index in [1.807, 2.05) is 6.92 Å². The van der Waals surface area contributed by atoms with E-state index < -0.39 is 0 Å². The molecule has 0 aromatic rings. The summed E-state index contributed by atoms with van der Waals surface area (Å²) in [5, 5.41) is 0. The Hall–Kier alpha value is -1.39. The van der Waals surface area contributed by atoms with Crippen LogP contribution < -0.4 is 0 Å². The molecule has 0 aromatic heterocycles. The van der Waals surface area contributed by atoms with E-state index in [0.29, 0.717) is 19.4 Å². The van der Waals surface area contributed by atoms with Crippen LogP contribution in [-0.2, 0) is 19.1 Å². The number of hydrogen-bond acceptors (Lipinski definition) is 4. The molecule has 5 heteroatoms. The first-order valence-corrected chi connectivity index (χ1v) is 5.53. The van der Waals surface area contributed by atoms with Crippen molar-refractivity contribution in [3.63, 3.8) is 0 Å². The first kappa shape index (κ1) is 12.7. The van der Waals surface area contributed by atoms with Crippen LogP contribution in [0.25, 0.3) is 0 Å². The standard InChI is InChI=1S/C11H17NO4/c1-3-16-11(15)4-5-12-9(13)6-8(2)7-10(12)14/h8H,3-7H2,1-2H3. The molecule has 0 unspecified atom stereocenters. The van der Waals surface area contributed by atoms with E-state index in [0.717, 1.165) is 4.90 Å². The van der Waals surface area contributed by atoms with E-state index >= 15 is 0 Å². The fourth-order valence-corrected chi connectivity index (χ4v) is 1.71. The van der Waals surface area contributed by atoms with Gasteiger partial charge in [-0.25, -0.2) is 0 Å². The second kappa shape index (κ2) is 5.63. The number of piperidine rings is 1. The van der Waals surface area contributed by atoms with E-state index in [1.165, 1.54) is 0 Å². The topological polar surface area (TPSA) is 63.7 Å². The normalized spacial score (nSPS) is 17.8. The van der Waals surface area contributed by atoms with Crippen molar-refractivity contribution >= 4 is 17.8 Å². The molecular formula is C11H17NO4. The molecule has 0 aromatic carbocycles. The van der Waals surface area contributed by atoms with Gasteiger partial charge in [0.25, 0.3) is 0 Å². The van der Waals surface area contributed by atoms with Crippen LogP contribution in [0.4, 0.5) is 0 Å². The van der Waals surface area contributed by atoms with Crippen LogP contribution in [0.5, 0.6) is 0 Å². The van der Waals surface area contributed by atoms with Gasteiger partial charge >= 0.3 is 5.97 Å². The zero-order valence-corrected chi connectivity index (χ0v) is 9.69. The smallest absolute Gasteiger partial charge is 0.307 e. The summed E-state index contributed by atoms with van der Waals surface area (Å²) in [4.78, 5) is 35.3. The molecule has 0 bridgehead atoms. The number of nitrogens with zero attached hydrogens (tertiary/aromatic N) is 1. The zero-order valence-electron chi connectivity index (χ0n) is 9.69. The maximum Gasteiger partial charge on any atom is 0.307 e. The van der Waals surface area contributed by atoms with Crippen molar-refractivity contribution in [2.24, 2.45) is 5.92 Å². The van der Waals surface area contributed by atoms with Gasteiger partial charge in [-0.3, -0.25) is 19.3 Å². The summed E-state index contributed by atoms with van der Waals surface area (Å²) in [6, 6.07) is 0. The summed E-state index contributed by atoms with van der Waals surface area (Å²) in [7, 11) is 0. The zero-order chi connectivity index (χ0) is 12.1. The maximum atomic E-state index is 11.5. The number of rotatable bonds is 4. The van der Waals surface area contributed by atoms with Crippen molar-refractivity contribution in [1.82, 2.24) is 4.90 Å². The molecule has 0 saturated carbocycles. The molecule has 1 aliphatic heterocycles. The Morgan fingerprint density at radius 2 is 1.94 bits per heavy atom. The Morgan fingerprint density at radius 1 is 1.38 bits per heavy atom. The van der Waals surface area contributed by atoms with Gasteiger partial charge in [0.2, 0.25) is 11.8 Å². The highest BCUT2D eigenvalue weighted by Gasteiger charge is 2.30. The summed E-state index contributed by atoms with van der Waals surface area (Å²) in [5.74, 6) is -0.637. The third-order valence-electron chi connectivity index (χ3n) is 2.49. The predicted molar refractivity (Wildman–Crippen MR) is 56.4 cm³/mol. The molecule has 0 spiro atoms. The van der Waals surface area contributed by atoms with Crippen molar-refractivity contribution < 1.29 is 19.1 Å². The maximum absolute atomic E-state index is 11.5. The molecular weight excluding hydrogens is 210 g/mol. The largest absolute Gasteiger partial charge is 0.466 e. The van der Waals surface area contributed by atoms with Crippen molar-refractivity contribution in [2.75, 3.05) is 13.2 Å². The molecule has 1 saturated heterocycles. The summed E-state index contributed by atoms with van der Waals surface area (Å²) in [5.41, 5.74) is 0. The van der Waals surface area contributed by atoms with E-state index in [-0.39, 0.29) is 36.7 Å². The van der Waals surface area contributed by atoms with Gasteiger partial charge in [0.05, 0.1) is 13.0 Å². The van der Waals surface area contributed by atoms with E-state index in [9.17, 15) is 14.4 Å². The lowest BCUT2D eigenvalue weighted by atomic mass is 9.98. The van der Waals surface area contributed by atoms with Gasteiger partial charge in [-0.05, 0) is 12.8 Å². The Bertz CT molecular complexity index is 282. The minimum absolute atomic E-state index is 0.0830. The fraction of sp³-hybridized carbons (Fsp3) is 0.727. The van der Waals surface area contributed by atoms with Crippen LogP contribution in [0.3, 0.4) is 0 Å². The number of imide groups is 1. The van der Waals surface area contributed by atoms with E-state index in [4.69, 9.17) is 4.74 Å². The fourth-order valence-electron chi connectivity index (χ4n) is 1.71. The monoisotopic (exact) mass is 227 g/mol. The average Bonchev–Trinajstić information content (AvgIpc) is 2.16. The predicted octanol–water partition coefficient (Wildman–Crippen LogP) is 0.725. The summed E-state index contributed by atoms with van der Waals surface area (Å²) < 4.78 is 4.74. The SMILES string of the molecule is CCOC(=O)CCN1C(=O)CC(C)CC1=O. The van der Waals surface area contributed by atoms with Crippen LogP contribution in [-0.4, -0.2) is 35.8 Å². The second-order valence-electron chi connectivity index (χ2n) is 4.01. The highest BCUT2D eigenvalue weighted by molar-refractivity contribution is 5.98. The summed E-state index contributed by atoms with van der Waals surface area (Å²) >= 11 is 0. The minimum atomic E-state index is -0.373. The number of hydrogen-bond donors (Lipinski definition) is 0. The number of carbonyl (C=O) groups excluding carboxylic acids is 3. The molecule has 0 atom stereocenters. The molecule has 0 aliphatic carbocycles. The molecule has 1 rings (SSSR count). The van der Waals surface area contributed by atoms with E-state index in [1.54, 1.807) is 6.92 Å². The molecule has 0 N–H and O–H groups in total. The third kappa shape index (κ3) is 3.32. The second-order valence-corrected chi connectivity index (χ2v) is 4.01. The number of likely N-dealkylation sites (tertiary alicyclic amines) is 1. The van der Waals surface area contributed by atoms with Crippen LogP contribution in [0, 0.1) is 5.92 Å². The van der Waals surface area contributed by atoms with Crippen molar-refractivity contribution in [1.29, 1.82) is 0 Å². The Morgan fingerprint density at radius 3 is 2.44 bits per heavy atom. The lowest BCUT2D eigenvalue weighted by Crippen LogP contribution is -2.43. The van der Waals surface area contributed by atoms with Crippen LogP contribution >= 0.6 is 0 Å². The molecule has 16 heavy (non-hydrogen) atoms. The van der Waals surface area contributed by atoms with Gasteiger partial charge in [-0.15, -0.1) is 0 Å². The Kier molecular flexibility index (Phi) is 4.46. The number of amides is 2. The molecule has 5 nitrogen and oxygen atoms in total. The lowest BCUT2D eigenvalue weighted by Gasteiger charge is -2.27. The summed E-state index contributed by atoms with van der Waals surface area (Å²) in [6.07, 6.45) is 0.850. The van der Waals surface area contributed by atoms with Gasteiger partial charge in [0, 0.05) is 19.4 Å². The first-order chi connectivity index (χ1) is 7.54. The van der Waals surface area contributed by atoms with Gasteiger partial charge < -0.3 is 4.74 Å². The quantitative estimate of drug-likeness (QED) is 0.524. The van der Waals surface area contributed by atoms with Crippen LogP contribution in [0.15, 0.2) is 0 Å². The average molecular weight is 227 g/mol. The summed E-state index contributed by atoms with van der Waals surface area (Å²) in [6.45, 7) is 4.05. The minimum Gasteiger partial charge on any atom is -0.466 e. The van der Waals surface area contributed by atoms with E-state index in [2.05, 4.69) is 0 Å². The molecule has 0 radical (unpaired) electrons. The number of esters is 1. The molecule has 1 fully saturated rings. The third-order valence-corrected chi connectivity index (χ3v) is 2.49. The van der Waals surface area contributed by atoms with Gasteiger partial charge in [-0.2, -0.15) is 0 Å². The van der Waals surface area contributed by atoms with Crippen LogP contribution in [0.2, 0.25) is 0 Å². The molecule has 1 heterocycles. The molecule has 90 valence electrons. The first-order valence-electron chi connectivity index (χ1n) is 5.53. The molecule has 1 aliphatic rings. The lowest BCUT2D eigenvalue weighted by molar-refractivity contribution is -0.151. The number of ether oxygens (including phenoxy) is 1. The highest BCUT2D eigenvalue weighted by atomic mass is 16.5. The molecule has 2 amide bonds. The van der Waals surface area contributed by atoms with Gasteiger partial charge in [0.15, 0.2) is 0 Å². The Labute approximate surface area is 94.7 Å². The van der Waals surface area contributed by atoms with Crippen molar-refractivity contribution in [2.45, 2.75) is 33.1 Å². The Balaban J connectivity index is 2.44. The van der Waals surface area contributed by atoms with Gasteiger partial charge in [-0.1, -0.05) is 6.92 Å². The highest BCUT2D eigenvalue weighted by Crippen LogP contribution is 2.18. The van der Waals surface area contributed by atoms with Crippen molar-refractivity contribution in [3.8, 4) is 0 Å². The van der Waals surface area contributed by atoms with Crippen LogP contribution in [0.1, 0.15) is 33.1 Å².